The number of anilines is 1. The van der Waals surface area contributed by atoms with Crippen molar-refractivity contribution < 1.29 is 4.92 Å². The van der Waals surface area contributed by atoms with Crippen LogP contribution in [0.1, 0.15) is 33.1 Å². The van der Waals surface area contributed by atoms with Crippen molar-refractivity contribution in [2.75, 3.05) is 5.32 Å². The summed E-state index contributed by atoms with van der Waals surface area (Å²) < 4.78 is 0. The molecule has 1 aromatic rings. The van der Waals surface area contributed by atoms with Crippen LogP contribution in [-0.4, -0.2) is 11.0 Å². The number of benzene rings is 1. The number of halogens is 1. The molecule has 1 aliphatic rings. The van der Waals surface area contributed by atoms with E-state index in [1.807, 2.05) is 0 Å². The molecule has 3 atom stereocenters. The van der Waals surface area contributed by atoms with E-state index in [2.05, 4.69) is 19.2 Å². The van der Waals surface area contributed by atoms with Gasteiger partial charge in [0.25, 0.3) is 5.69 Å². The zero-order valence-corrected chi connectivity index (χ0v) is 12.0. The molecule has 1 N–H and O–H groups in total. The third-order valence-electron chi connectivity index (χ3n) is 3.93. The van der Waals surface area contributed by atoms with Crippen molar-refractivity contribution in [1.29, 1.82) is 0 Å². The van der Waals surface area contributed by atoms with Gasteiger partial charge in [-0.2, -0.15) is 0 Å². The Labute approximate surface area is 118 Å². The highest BCUT2D eigenvalue weighted by Crippen LogP contribution is 2.32. The summed E-state index contributed by atoms with van der Waals surface area (Å²) in [7, 11) is 0. The van der Waals surface area contributed by atoms with Gasteiger partial charge in [0.2, 0.25) is 0 Å². The van der Waals surface area contributed by atoms with Gasteiger partial charge in [0.15, 0.2) is 0 Å². The maximum absolute atomic E-state index is 10.7. The third-order valence-corrected chi connectivity index (χ3v) is 4.23. The van der Waals surface area contributed by atoms with Crippen LogP contribution in [0.25, 0.3) is 0 Å². The monoisotopic (exact) mass is 282 g/mol. The third kappa shape index (κ3) is 3.38. The van der Waals surface area contributed by atoms with Crippen LogP contribution in [-0.2, 0) is 0 Å². The predicted molar refractivity (Wildman–Crippen MR) is 77.7 cm³/mol. The number of hydrogen-bond acceptors (Lipinski definition) is 3. The normalized spacial score (nSPS) is 27.0. The SMILES string of the molecule is CC1CCC(Nc2ccc([N+](=O)[O-])c(Cl)c2)C(C)C1. The van der Waals surface area contributed by atoms with E-state index in [1.165, 1.54) is 18.9 Å². The average Bonchev–Trinajstić information content (AvgIpc) is 2.32. The van der Waals surface area contributed by atoms with E-state index in [0.29, 0.717) is 12.0 Å². The fourth-order valence-corrected chi connectivity index (χ4v) is 3.09. The molecule has 0 saturated heterocycles. The molecule has 1 fully saturated rings. The van der Waals surface area contributed by atoms with E-state index in [9.17, 15) is 10.1 Å². The van der Waals surface area contributed by atoms with Crippen molar-refractivity contribution in [3.63, 3.8) is 0 Å². The first kappa shape index (κ1) is 14.1. The first-order chi connectivity index (χ1) is 8.97. The summed E-state index contributed by atoms with van der Waals surface area (Å²) >= 11 is 5.92. The topological polar surface area (TPSA) is 55.2 Å². The van der Waals surface area contributed by atoms with Gasteiger partial charge in [-0.3, -0.25) is 10.1 Å². The van der Waals surface area contributed by atoms with Crippen LogP contribution in [0, 0.1) is 22.0 Å². The Hall–Kier alpha value is -1.29. The second kappa shape index (κ2) is 5.78. The van der Waals surface area contributed by atoms with Crippen LogP contribution in [0.5, 0.6) is 0 Å². The Bertz CT molecular complexity index is 479. The largest absolute Gasteiger partial charge is 0.382 e. The molecule has 1 aromatic carbocycles. The lowest BCUT2D eigenvalue weighted by atomic mass is 9.80. The van der Waals surface area contributed by atoms with Crippen molar-refractivity contribution in [3.05, 3.63) is 33.3 Å². The minimum Gasteiger partial charge on any atom is -0.382 e. The molecule has 0 bridgehead atoms. The van der Waals surface area contributed by atoms with Crippen LogP contribution in [0.15, 0.2) is 18.2 Å². The molecule has 3 unspecified atom stereocenters. The molecule has 104 valence electrons. The fraction of sp³-hybridized carbons (Fsp3) is 0.571. The smallest absolute Gasteiger partial charge is 0.288 e. The highest BCUT2D eigenvalue weighted by atomic mass is 35.5. The molecule has 1 aliphatic carbocycles. The molecule has 0 aromatic heterocycles. The Balaban J connectivity index is 2.07. The highest BCUT2D eigenvalue weighted by Gasteiger charge is 2.25. The van der Waals surface area contributed by atoms with Crippen LogP contribution in [0.2, 0.25) is 5.02 Å². The van der Waals surface area contributed by atoms with Crippen molar-refractivity contribution in [1.82, 2.24) is 0 Å². The Kier molecular flexibility index (Phi) is 4.30. The Morgan fingerprint density at radius 1 is 1.37 bits per heavy atom. The molecule has 1 saturated carbocycles. The van der Waals surface area contributed by atoms with E-state index in [4.69, 9.17) is 11.6 Å². The van der Waals surface area contributed by atoms with Crippen LogP contribution >= 0.6 is 11.6 Å². The second-order valence-electron chi connectivity index (χ2n) is 5.57. The lowest BCUT2D eigenvalue weighted by molar-refractivity contribution is -0.384. The Morgan fingerprint density at radius 3 is 2.68 bits per heavy atom. The van der Waals surface area contributed by atoms with E-state index in [-0.39, 0.29) is 10.7 Å². The van der Waals surface area contributed by atoms with Gasteiger partial charge >= 0.3 is 0 Å². The molecular weight excluding hydrogens is 264 g/mol. The molecular formula is C14H19ClN2O2. The van der Waals surface area contributed by atoms with E-state index in [1.54, 1.807) is 12.1 Å². The lowest BCUT2D eigenvalue weighted by Gasteiger charge is -2.33. The zero-order valence-electron chi connectivity index (χ0n) is 11.2. The summed E-state index contributed by atoms with van der Waals surface area (Å²) in [5.74, 6) is 1.39. The standard InChI is InChI=1S/C14H19ClN2O2/c1-9-3-5-13(10(2)7-9)16-11-4-6-14(17(18)19)12(15)8-11/h4,6,8-10,13,16H,3,5,7H2,1-2H3. The summed E-state index contributed by atoms with van der Waals surface area (Å²) in [5.41, 5.74) is 0.819. The van der Waals surface area contributed by atoms with Crippen LogP contribution in [0.3, 0.4) is 0 Å². The molecule has 4 nitrogen and oxygen atoms in total. The molecule has 0 radical (unpaired) electrons. The molecule has 0 amide bonds. The first-order valence-electron chi connectivity index (χ1n) is 6.68. The fourth-order valence-electron chi connectivity index (χ4n) is 2.84. The van der Waals surface area contributed by atoms with Gasteiger partial charge in [0.05, 0.1) is 4.92 Å². The number of nitro groups is 1. The number of nitrogens with zero attached hydrogens (tertiary/aromatic N) is 1. The molecule has 19 heavy (non-hydrogen) atoms. The molecule has 0 aliphatic heterocycles. The summed E-state index contributed by atoms with van der Waals surface area (Å²) in [6.07, 6.45) is 3.58. The van der Waals surface area contributed by atoms with Crippen molar-refractivity contribution in [3.8, 4) is 0 Å². The van der Waals surface area contributed by atoms with E-state index < -0.39 is 4.92 Å². The quantitative estimate of drug-likeness (QED) is 0.657. The predicted octanol–water partition coefficient (Wildman–Crippen LogP) is 4.48. The summed E-state index contributed by atoms with van der Waals surface area (Å²) in [4.78, 5) is 10.3. The van der Waals surface area contributed by atoms with Crippen LogP contribution in [0.4, 0.5) is 11.4 Å². The van der Waals surface area contributed by atoms with E-state index in [0.717, 1.165) is 18.0 Å². The zero-order chi connectivity index (χ0) is 14.0. The Morgan fingerprint density at radius 2 is 2.11 bits per heavy atom. The second-order valence-corrected chi connectivity index (χ2v) is 5.98. The van der Waals surface area contributed by atoms with Crippen LogP contribution < -0.4 is 5.32 Å². The first-order valence-corrected chi connectivity index (χ1v) is 7.05. The van der Waals surface area contributed by atoms with Gasteiger partial charge in [0.1, 0.15) is 5.02 Å². The van der Waals surface area contributed by atoms with Gasteiger partial charge in [-0.15, -0.1) is 0 Å². The molecule has 0 heterocycles. The summed E-state index contributed by atoms with van der Waals surface area (Å²) in [6, 6.07) is 5.26. The van der Waals surface area contributed by atoms with Gasteiger partial charge in [-0.25, -0.2) is 0 Å². The summed E-state index contributed by atoms with van der Waals surface area (Å²) in [5, 5.41) is 14.3. The average molecular weight is 283 g/mol. The lowest BCUT2D eigenvalue weighted by Crippen LogP contribution is -2.32. The number of nitro benzene ring substituents is 1. The minimum atomic E-state index is -0.461. The van der Waals surface area contributed by atoms with Gasteiger partial charge in [0, 0.05) is 17.8 Å². The number of rotatable bonds is 3. The van der Waals surface area contributed by atoms with Gasteiger partial charge in [-0.1, -0.05) is 25.4 Å². The minimum absolute atomic E-state index is 0.0440. The maximum Gasteiger partial charge on any atom is 0.288 e. The van der Waals surface area contributed by atoms with Crippen molar-refractivity contribution in [2.24, 2.45) is 11.8 Å². The highest BCUT2D eigenvalue weighted by molar-refractivity contribution is 6.32. The van der Waals surface area contributed by atoms with Gasteiger partial charge in [-0.05, 0) is 43.2 Å². The van der Waals surface area contributed by atoms with Crippen molar-refractivity contribution >= 4 is 23.0 Å². The van der Waals surface area contributed by atoms with Crippen molar-refractivity contribution in [2.45, 2.75) is 39.2 Å². The molecule has 2 rings (SSSR count). The number of nitrogens with one attached hydrogen (secondary N) is 1. The molecule has 0 spiro atoms. The maximum atomic E-state index is 10.7. The number of hydrogen-bond donors (Lipinski definition) is 1. The molecule has 5 heteroatoms. The van der Waals surface area contributed by atoms with Gasteiger partial charge < -0.3 is 5.32 Å². The van der Waals surface area contributed by atoms with E-state index >= 15 is 0 Å². The summed E-state index contributed by atoms with van der Waals surface area (Å²) in [6.45, 7) is 4.54.